The van der Waals surface area contributed by atoms with Crippen LogP contribution in [0.3, 0.4) is 0 Å². The minimum atomic E-state index is 0.710. The molecule has 1 unspecified atom stereocenters. The lowest BCUT2D eigenvalue weighted by molar-refractivity contribution is 0.155. The Balaban J connectivity index is 2.53. The summed E-state index contributed by atoms with van der Waals surface area (Å²) in [5, 5.41) is 4.11. The molecule has 1 fully saturated rings. The Bertz CT molecular complexity index is 271. The number of guanidine groups is 1. The number of nitrogens with one attached hydrogen (secondary N) is 1. The molecule has 0 aromatic carbocycles. The van der Waals surface area contributed by atoms with E-state index in [1.54, 1.807) is 0 Å². The molecule has 0 spiro atoms. The molecule has 0 aliphatic carbocycles. The Morgan fingerprint density at radius 3 is 2.89 bits per heavy atom. The summed E-state index contributed by atoms with van der Waals surface area (Å²) in [5.74, 6) is 2.96. The second-order valence-electron chi connectivity index (χ2n) is 5.03. The van der Waals surface area contributed by atoms with Gasteiger partial charge in [0.25, 0.3) is 0 Å². The fourth-order valence-corrected chi connectivity index (χ4v) is 3.36. The molecule has 0 radical (unpaired) electrons. The molecule has 0 amide bonds. The van der Waals surface area contributed by atoms with Crippen molar-refractivity contribution in [2.45, 2.75) is 32.9 Å². The van der Waals surface area contributed by atoms with Gasteiger partial charge in [-0.25, -0.2) is 0 Å². The van der Waals surface area contributed by atoms with Gasteiger partial charge in [-0.05, 0) is 19.8 Å². The molecule has 1 rings (SSSR count). The van der Waals surface area contributed by atoms with E-state index in [0.717, 1.165) is 44.7 Å². The first-order valence-corrected chi connectivity index (χ1v) is 8.46. The van der Waals surface area contributed by atoms with Crippen LogP contribution in [0.2, 0.25) is 0 Å². The van der Waals surface area contributed by atoms with Crippen molar-refractivity contribution in [1.82, 2.24) is 10.2 Å². The van der Waals surface area contributed by atoms with Crippen LogP contribution in [0.15, 0.2) is 4.99 Å². The van der Waals surface area contributed by atoms with Crippen molar-refractivity contribution in [2.75, 3.05) is 45.1 Å². The van der Waals surface area contributed by atoms with Gasteiger partial charge in [-0.1, -0.05) is 13.8 Å². The number of ether oxygens (including phenoxy) is 1. The molecule has 1 aliphatic heterocycles. The summed E-state index contributed by atoms with van der Waals surface area (Å²) in [5.41, 5.74) is 0. The maximum Gasteiger partial charge on any atom is 0.194 e. The van der Waals surface area contributed by atoms with E-state index >= 15 is 0 Å². The molecule has 0 aromatic heterocycles. The van der Waals surface area contributed by atoms with Gasteiger partial charge in [0.15, 0.2) is 5.96 Å². The fraction of sp³-hybridized carbons (Fsp3) is 0.929. The first-order valence-electron chi connectivity index (χ1n) is 7.41. The molecule has 1 heterocycles. The summed E-state index contributed by atoms with van der Waals surface area (Å²) in [6.07, 6.45) is 0. The average Bonchev–Trinajstić information content (AvgIpc) is 2.42. The normalized spacial score (nSPS) is 21.0. The Labute approximate surface area is 122 Å². The van der Waals surface area contributed by atoms with Crippen molar-refractivity contribution in [1.29, 1.82) is 0 Å². The molecule has 0 saturated carbocycles. The monoisotopic (exact) mass is 287 g/mol. The summed E-state index contributed by atoms with van der Waals surface area (Å²) in [6, 6.07) is 0. The third-order valence-corrected chi connectivity index (χ3v) is 4.71. The van der Waals surface area contributed by atoms with E-state index in [-0.39, 0.29) is 0 Å². The van der Waals surface area contributed by atoms with Crippen molar-refractivity contribution in [2.24, 2.45) is 10.9 Å². The highest BCUT2D eigenvalue weighted by Gasteiger charge is 2.24. The largest absolute Gasteiger partial charge is 0.380 e. The highest BCUT2D eigenvalue weighted by atomic mass is 32.2. The maximum atomic E-state index is 5.35. The van der Waals surface area contributed by atoms with Crippen LogP contribution >= 0.6 is 11.8 Å². The minimum Gasteiger partial charge on any atom is -0.380 e. The SMILES string of the molecule is CCNC(=NCCOCC)N1CCSC(C(C)C)C1. The molecule has 112 valence electrons. The van der Waals surface area contributed by atoms with Gasteiger partial charge in [-0.3, -0.25) is 4.99 Å². The summed E-state index contributed by atoms with van der Waals surface area (Å²) >= 11 is 2.09. The van der Waals surface area contributed by atoms with Crippen LogP contribution in [0.4, 0.5) is 0 Å². The van der Waals surface area contributed by atoms with E-state index in [2.05, 4.69) is 47.7 Å². The van der Waals surface area contributed by atoms with Gasteiger partial charge in [-0.2, -0.15) is 11.8 Å². The zero-order valence-corrected chi connectivity index (χ0v) is 13.6. The molecule has 19 heavy (non-hydrogen) atoms. The van der Waals surface area contributed by atoms with Gasteiger partial charge in [-0.15, -0.1) is 0 Å². The van der Waals surface area contributed by atoms with E-state index in [1.165, 1.54) is 5.75 Å². The molecule has 1 atom stereocenters. The van der Waals surface area contributed by atoms with Crippen LogP contribution in [0.5, 0.6) is 0 Å². The van der Waals surface area contributed by atoms with Crippen LogP contribution in [-0.2, 0) is 4.74 Å². The fourth-order valence-electron chi connectivity index (χ4n) is 2.06. The zero-order valence-electron chi connectivity index (χ0n) is 12.8. The standard InChI is InChI=1S/C14H29N3OS/c1-5-15-14(16-7-9-18-6-2)17-8-10-19-13(11-17)12(3)4/h12-13H,5-11H2,1-4H3,(H,15,16). The molecule has 0 bridgehead atoms. The Morgan fingerprint density at radius 1 is 1.47 bits per heavy atom. The Kier molecular flexibility index (Phi) is 8.30. The first-order chi connectivity index (χ1) is 9.19. The highest BCUT2D eigenvalue weighted by molar-refractivity contribution is 8.00. The lowest BCUT2D eigenvalue weighted by Gasteiger charge is -2.36. The van der Waals surface area contributed by atoms with Crippen molar-refractivity contribution in [3.8, 4) is 0 Å². The summed E-state index contributed by atoms with van der Waals surface area (Å²) in [4.78, 5) is 7.07. The van der Waals surface area contributed by atoms with E-state index in [0.29, 0.717) is 11.9 Å². The summed E-state index contributed by atoms with van der Waals surface area (Å²) in [6.45, 7) is 14.1. The first kappa shape index (κ1) is 16.6. The molecule has 1 aliphatic rings. The number of hydrogen-bond donors (Lipinski definition) is 1. The van der Waals surface area contributed by atoms with E-state index in [9.17, 15) is 0 Å². The number of rotatable bonds is 6. The quantitative estimate of drug-likeness (QED) is 0.461. The lowest BCUT2D eigenvalue weighted by atomic mass is 10.1. The van der Waals surface area contributed by atoms with Crippen molar-refractivity contribution in [3.05, 3.63) is 0 Å². The van der Waals surface area contributed by atoms with Crippen LogP contribution in [0.25, 0.3) is 0 Å². The zero-order chi connectivity index (χ0) is 14.1. The number of nitrogens with zero attached hydrogens (tertiary/aromatic N) is 2. The second kappa shape index (κ2) is 9.48. The third-order valence-electron chi connectivity index (χ3n) is 3.17. The Hall–Kier alpha value is -0.420. The smallest absolute Gasteiger partial charge is 0.194 e. The number of aliphatic imine (C=N–C) groups is 1. The highest BCUT2D eigenvalue weighted by Crippen LogP contribution is 2.24. The molecular formula is C14H29N3OS. The molecule has 1 saturated heterocycles. The minimum absolute atomic E-state index is 0.710. The second-order valence-corrected chi connectivity index (χ2v) is 6.38. The molecule has 4 nitrogen and oxygen atoms in total. The van der Waals surface area contributed by atoms with Gasteiger partial charge < -0.3 is 15.0 Å². The molecular weight excluding hydrogens is 258 g/mol. The number of thioether (sulfide) groups is 1. The Morgan fingerprint density at radius 2 is 2.26 bits per heavy atom. The van der Waals surface area contributed by atoms with Crippen LogP contribution in [-0.4, -0.2) is 61.3 Å². The van der Waals surface area contributed by atoms with Crippen LogP contribution in [0, 0.1) is 5.92 Å². The number of hydrogen-bond acceptors (Lipinski definition) is 3. The van der Waals surface area contributed by atoms with Gasteiger partial charge >= 0.3 is 0 Å². The molecule has 1 N–H and O–H groups in total. The van der Waals surface area contributed by atoms with Gasteiger partial charge in [0.05, 0.1) is 13.2 Å². The molecule has 0 aromatic rings. The van der Waals surface area contributed by atoms with Crippen LogP contribution in [0.1, 0.15) is 27.7 Å². The van der Waals surface area contributed by atoms with Crippen LogP contribution < -0.4 is 5.32 Å². The topological polar surface area (TPSA) is 36.9 Å². The summed E-state index contributed by atoms with van der Waals surface area (Å²) < 4.78 is 5.35. The average molecular weight is 287 g/mol. The van der Waals surface area contributed by atoms with Crippen molar-refractivity contribution < 1.29 is 4.74 Å². The molecule has 5 heteroatoms. The lowest BCUT2D eigenvalue weighted by Crippen LogP contribution is -2.49. The van der Waals surface area contributed by atoms with E-state index < -0.39 is 0 Å². The summed E-state index contributed by atoms with van der Waals surface area (Å²) in [7, 11) is 0. The third kappa shape index (κ3) is 6.04. The van der Waals surface area contributed by atoms with E-state index in [1.807, 2.05) is 6.92 Å². The predicted octanol–water partition coefficient (Wildman–Crippen LogP) is 2.06. The van der Waals surface area contributed by atoms with Crippen molar-refractivity contribution in [3.63, 3.8) is 0 Å². The van der Waals surface area contributed by atoms with E-state index in [4.69, 9.17) is 4.74 Å². The maximum absolute atomic E-state index is 5.35. The van der Waals surface area contributed by atoms with Gasteiger partial charge in [0, 0.05) is 37.2 Å². The van der Waals surface area contributed by atoms with Crippen molar-refractivity contribution >= 4 is 17.7 Å². The predicted molar refractivity (Wildman–Crippen MR) is 85.1 cm³/mol. The van der Waals surface area contributed by atoms with Gasteiger partial charge in [0.1, 0.15) is 0 Å². The van der Waals surface area contributed by atoms with Gasteiger partial charge in [0.2, 0.25) is 0 Å².